The number of likely N-dealkylation sites (tertiary alicyclic amines) is 1. The highest BCUT2D eigenvalue weighted by Crippen LogP contribution is 2.28. The molecule has 1 fully saturated rings. The summed E-state index contributed by atoms with van der Waals surface area (Å²) in [6.45, 7) is 3.92. The van der Waals surface area contributed by atoms with Crippen LogP contribution in [-0.2, 0) is 16.0 Å². The van der Waals surface area contributed by atoms with Crippen molar-refractivity contribution >= 4 is 17.5 Å². The topological polar surface area (TPSA) is 66.6 Å². The summed E-state index contributed by atoms with van der Waals surface area (Å²) in [7, 11) is 0. The lowest BCUT2D eigenvalue weighted by Crippen LogP contribution is -2.40. The van der Waals surface area contributed by atoms with Crippen LogP contribution in [0.4, 0.5) is 5.69 Å². The van der Waals surface area contributed by atoms with E-state index in [9.17, 15) is 9.59 Å². The minimum atomic E-state index is 0.116. The number of nitrogens with two attached hydrogens (primary N) is 1. The molecule has 0 aromatic heterocycles. The number of carbonyl (C=O) groups excluding carboxylic acids is 2. The second-order valence-corrected chi connectivity index (χ2v) is 6.66. The molecule has 0 bridgehead atoms. The Morgan fingerprint density at radius 2 is 2.09 bits per heavy atom. The minimum Gasteiger partial charge on any atom is -0.340 e. The van der Waals surface area contributed by atoms with Crippen LogP contribution in [-0.4, -0.2) is 42.4 Å². The standard InChI is InChI=1S/C18H25N3O2/c1-13-10-14(11-19)12-21(13)18(23)8-9-20-16-5-3-2-4-15(16)6-7-17(20)22/h2-5,13-14H,6-12,19H2,1H3. The highest BCUT2D eigenvalue weighted by molar-refractivity contribution is 5.97. The van der Waals surface area contributed by atoms with Gasteiger partial charge in [-0.25, -0.2) is 0 Å². The molecule has 1 aromatic carbocycles. The van der Waals surface area contributed by atoms with Gasteiger partial charge >= 0.3 is 0 Å². The van der Waals surface area contributed by atoms with Gasteiger partial charge in [0, 0.05) is 37.7 Å². The van der Waals surface area contributed by atoms with Gasteiger partial charge < -0.3 is 15.5 Å². The van der Waals surface area contributed by atoms with Gasteiger partial charge in [-0.05, 0) is 43.9 Å². The van der Waals surface area contributed by atoms with Gasteiger partial charge in [-0.3, -0.25) is 9.59 Å². The molecule has 5 nitrogen and oxygen atoms in total. The first-order chi connectivity index (χ1) is 11.1. The van der Waals surface area contributed by atoms with Gasteiger partial charge in [0.15, 0.2) is 0 Å². The van der Waals surface area contributed by atoms with E-state index in [1.165, 1.54) is 5.56 Å². The second kappa shape index (κ2) is 6.71. The highest BCUT2D eigenvalue weighted by Gasteiger charge is 2.32. The summed E-state index contributed by atoms with van der Waals surface area (Å²) in [6, 6.07) is 8.22. The van der Waals surface area contributed by atoms with E-state index in [2.05, 4.69) is 13.0 Å². The number of hydrogen-bond donors (Lipinski definition) is 1. The number of carbonyl (C=O) groups is 2. The number of aryl methyl sites for hydroxylation is 1. The molecule has 2 heterocycles. The van der Waals surface area contributed by atoms with E-state index in [1.54, 1.807) is 4.90 Å². The summed E-state index contributed by atoms with van der Waals surface area (Å²) >= 11 is 0. The fourth-order valence-electron chi connectivity index (χ4n) is 3.75. The summed E-state index contributed by atoms with van der Waals surface area (Å²) < 4.78 is 0. The van der Waals surface area contributed by atoms with E-state index < -0.39 is 0 Å². The molecule has 0 aliphatic carbocycles. The molecular weight excluding hydrogens is 290 g/mol. The zero-order chi connectivity index (χ0) is 16.4. The van der Waals surface area contributed by atoms with E-state index in [-0.39, 0.29) is 17.9 Å². The minimum absolute atomic E-state index is 0.116. The smallest absolute Gasteiger partial charge is 0.227 e. The fourth-order valence-corrected chi connectivity index (χ4v) is 3.75. The van der Waals surface area contributed by atoms with E-state index in [1.807, 2.05) is 23.1 Å². The van der Waals surface area contributed by atoms with Crippen molar-refractivity contribution in [2.24, 2.45) is 11.7 Å². The van der Waals surface area contributed by atoms with Crippen LogP contribution < -0.4 is 10.6 Å². The predicted molar refractivity (Wildman–Crippen MR) is 90.1 cm³/mol. The average Bonchev–Trinajstić information content (AvgIpc) is 2.95. The maximum Gasteiger partial charge on any atom is 0.227 e. The number of nitrogens with zero attached hydrogens (tertiary/aromatic N) is 2. The molecule has 0 spiro atoms. The van der Waals surface area contributed by atoms with E-state index in [0.29, 0.717) is 31.8 Å². The van der Waals surface area contributed by atoms with Crippen molar-refractivity contribution in [3.63, 3.8) is 0 Å². The molecule has 1 saturated heterocycles. The third-order valence-electron chi connectivity index (χ3n) is 5.06. The number of rotatable bonds is 4. The van der Waals surface area contributed by atoms with Crippen LogP contribution >= 0.6 is 0 Å². The van der Waals surface area contributed by atoms with Crippen LogP contribution in [0.2, 0.25) is 0 Å². The van der Waals surface area contributed by atoms with Crippen LogP contribution in [0.5, 0.6) is 0 Å². The lowest BCUT2D eigenvalue weighted by Gasteiger charge is -2.30. The van der Waals surface area contributed by atoms with Gasteiger partial charge in [-0.15, -0.1) is 0 Å². The Labute approximate surface area is 137 Å². The van der Waals surface area contributed by atoms with Gasteiger partial charge in [0.1, 0.15) is 0 Å². The molecule has 1 aromatic rings. The monoisotopic (exact) mass is 315 g/mol. The molecule has 2 amide bonds. The summed E-state index contributed by atoms with van der Waals surface area (Å²) in [6.07, 6.45) is 2.68. The van der Waals surface area contributed by atoms with Gasteiger partial charge in [0.2, 0.25) is 11.8 Å². The molecule has 124 valence electrons. The second-order valence-electron chi connectivity index (χ2n) is 6.66. The van der Waals surface area contributed by atoms with Crippen molar-refractivity contribution in [2.45, 2.75) is 38.6 Å². The van der Waals surface area contributed by atoms with Crippen molar-refractivity contribution in [1.82, 2.24) is 4.90 Å². The lowest BCUT2D eigenvalue weighted by atomic mass is 10.0. The van der Waals surface area contributed by atoms with Gasteiger partial charge in [0.25, 0.3) is 0 Å². The predicted octanol–water partition coefficient (Wildman–Crippen LogP) is 1.55. The Bertz CT molecular complexity index is 602. The summed E-state index contributed by atoms with van der Waals surface area (Å²) in [4.78, 5) is 28.5. The first-order valence-electron chi connectivity index (χ1n) is 8.48. The average molecular weight is 315 g/mol. The van der Waals surface area contributed by atoms with Crippen LogP contribution in [0.1, 0.15) is 31.7 Å². The molecule has 0 radical (unpaired) electrons. The number of anilines is 1. The van der Waals surface area contributed by atoms with Crippen molar-refractivity contribution in [2.75, 3.05) is 24.5 Å². The summed E-state index contributed by atoms with van der Waals surface area (Å²) in [5.41, 5.74) is 7.89. The van der Waals surface area contributed by atoms with Gasteiger partial charge in [-0.2, -0.15) is 0 Å². The van der Waals surface area contributed by atoms with Crippen molar-refractivity contribution in [1.29, 1.82) is 0 Å². The molecule has 0 saturated carbocycles. The van der Waals surface area contributed by atoms with Crippen LogP contribution in [0.3, 0.4) is 0 Å². The molecule has 2 aliphatic heterocycles. The number of benzene rings is 1. The normalized spacial score (nSPS) is 24.0. The van der Waals surface area contributed by atoms with Crippen LogP contribution in [0.25, 0.3) is 0 Å². The quantitative estimate of drug-likeness (QED) is 0.917. The third-order valence-corrected chi connectivity index (χ3v) is 5.06. The summed E-state index contributed by atoms with van der Waals surface area (Å²) in [5, 5.41) is 0. The van der Waals surface area contributed by atoms with Crippen molar-refractivity contribution < 1.29 is 9.59 Å². The number of para-hydroxylation sites is 1. The molecule has 2 aliphatic rings. The molecule has 2 atom stereocenters. The number of amides is 2. The third kappa shape index (κ3) is 3.24. The molecule has 2 unspecified atom stereocenters. The Balaban J connectivity index is 1.64. The van der Waals surface area contributed by atoms with Crippen molar-refractivity contribution in [3.05, 3.63) is 29.8 Å². The Hall–Kier alpha value is -1.88. The number of fused-ring (bicyclic) bond motifs is 1. The van der Waals surface area contributed by atoms with Crippen LogP contribution in [0.15, 0.2) is 24.3 Å². The largest absolute Gasteiger partial charge is 0.340 e. The lowest BCUT2D eigenvalue weighted by molar-refractivity contribution is -0.131. The summed E-state index contributed by atoms with van der Waals surface area (Å²) in [5.74, 6) is 0.654. The molecule has 3 rings (SSSR count). The Morgan fingerprint density at radius 1 is 1.30 bits per heavy atom. The van der Waals surface area contributed by atoms with Gasteiger partial charge in [-0.1, -0.05) is 18.2 Å². The maximum absolute atomic E-state index is 12.5. The fraction of sp³-hybridized carbons (Fsp3) is 0.556. The van der Waals surface area contributed by atoms with Gasteiger partial charge in [0.05, 0.1) is 0 Å². The molecule has 5 heteroatoms. The Kier molecular flexibility index (Phi) is 4.66. The SMILES string of the molecule is CC1CC(CN)CN1C(=O)CCN1C(=O)CCc2ccccc21. The maximum atomic E-state index is 12.5. The van der Waals surface area contributed by atoms with Crippen LogP contribution in [0, 0.1) is 5.92 Å². The molecular formula is C18H25N3O2. The van der Waals surface area contributed by atoms with E-state index >= 15 is 0 Å². The highest BCUT2D eigenvalue weighted by atomic mass is 16.2. The first-order valence-corrected chi connectivity index (χ1v) is 8.48. The zero-order valence-corrected chi connectivity index (χ0v) is 13.7. The molecule has 2 N–H and O–H groups in total. The number of hydrogen-bond acceptors (Lipinski definition) is 3. The zero-order valence-electron chi connectivity index (χ0n) is 13.7. The Morgan fingerprint density at radius 3 is 2.83 bits per heavy atom. The van der Waals surface area contributed by atoms with Crippen molar-refractivity contribution in [3.8, 4) is 0 Å². The van der Waals surface area contributed by atoms with E-state index in [0.717, 1.165) is 25.1 Å². The first kappa shape index (κ1) is 16.0. The molecule has 23 heavy (non-hydrogen) atoms. The van der Waals surface area contributed by atoms with E-state index in [4.69, 9.17) is 5.73 Å².